The SMILES string of the molecule is Cc1c[nH]c2ncnc(-c3ccc4c(C(=O)NC5=CC(C(=O)NC(C)C)CC=C5)nn(CC5CC5)c4c3)c12. The first kappa shape index (κ1) is 24.1. The summed E-state index contributed by atoms with van der Waals surface area (Å²) in [6.45, 7) is 6.68. The Kier molecular flexibility index (Phi) is 6.06. The van der Waals surface area contributed by atoms with Gasteiger partial charge in [-0.25, -0.2) is 9.97 Å². The fourth-order valence-corrected chi connectivity index (χ4v) is 5.04. The Bertz CT molecular complexity index is 1620. The zero-order chi connectivity index (χ0) is 26.4. The Hall–Kier alpha value is -4.27. The van der Waals surface area contributed by atoms with Crippen LogP contribution in [0.3, 0.4) is 0 Å². The van der Waals surface area contributed by atoms with Crippen LogP contribution in [-0.2, 0) is 11.3 Å². The van der Waals surface area contributed by atoms with E-state index in [0.717, 1.165) is 45.3 Å². The molecule has 2 aliphatic carbocycles. The predicted molar refractivity (Wildman–Crippen MR) is 146 cm³/mol. The molecule has 194 valence electrons. The predicted octanol–water partition coefficient (Wildman–Crippen LogP) is 4.41. The molecule has 4 aromatic rings. The molecule has 1 fully saturated rings. The van der Waals surface area contributed by atoms with Crippen LogP contribution < -0.4 is 10.6 Å². The largest absolute Gasteiger partial charge is 0.353 e. The van der Waals surface area contributed by atoms with E-state index in [1.54, 1.807) is 6.33 Å². The Morgan fingerprint density at radius 2 is 2.05 bits per heavy atom. The van der Waals surface area contributed by atoms with Gasteiger partial charge in [-0.05, 0) is 75.8 Å². The number of nitrogens with zero attached hydrogens (tertiary/aromatic N) is 4. The second-order valence-corrected chi connectivity index (χ2v) is 10.6. The highest BCUT2D eigenvalue weighted by atomic mass is 16.2. The average molecular weight is 510 g/mol. The average Bonchev–Trinajstić information content (AvgIpc) is 3.54. The van der Waals surface area contributed by atoms with Gasteiger partial charge in [0.25, 0.3) is 5.91 Å². The third-order valence-electron chi connectivity index (χ3n) is 7.13. The Balaban J connectivity index is 1.34. The number of hydrogen-bond donors (Lipinski definition) is 3. The summed E-state index contributed by atoms with van der Waals surface area (Å²) in [5.41, 5.74) is 5.57. The van der Waals surface area contributed by atoms with Gasteiger partial charge >= 0.3 is 0 Å². The van der Waals surface area contributed by atoms with E-state index in [4.69, 9.17) is 5.10 Å². The molecule has 6 rings (SSSR count). The number of fused-ring (bicyclic) bond motifs is 2. The molecule has 3 N–H and O–H groups in total. The topological polar surface area (TPSA) is 118 Å². The molecule has 0 radical (unpaired) electrons. The molecule has 0 aliphatic heterocycles. The summed E-state index contributed by atoms with van der Waals surface area (Å²) in [7, 11) is 0. The molecule has 38 heavy (non-hydrogen) atoms. The van der Waals surface area contributed by atoms with Crippen LogP contribution in [0.4, 0.5) is 0 Å². The minimum Gasteiger partial charge on any atom is -0.353 e. The van der Waals surface area contributed by atoms with E-state index in [1.807, 2.05) is 62.0 Å². The first-order valence-corrected chi connectivity index (χ1v) is 13.2. The summed E-state index contributed by atoms with van der Waals surface area (Å²) in [4.78, 5) is 38.1. The molecule has 1 aromatic carbocycles. The van der Waals surface area contributed by atoms with Gasteiger partial charge in [-0.3, -0.25) is 14.3 Å². The van der Waals surface area contributed by atoms with Crippen LogP contribution in [0.15, 0.2) is 54.6 Å². The molecular formula is C29H31N7O2. The molecule has 0 spiro atoms. The number of carbonyl (C=O) groups is 2. The quantitative estimate of drug-likeness (QED) is 0.341. The standard InChI is InChI=1S/C29H31N7O2/c1-16(2)33-28(37)20-5-4-6-21(11-20)34-29(38)26-22-10-9-19(12-23(22)36(35-26)14-18-7-8-18)25-24-17(3)13-30-27(24)32-15-31-25/h4,6,9-13,15-16,18,20H,5,7-8,14H2,1-3H3,(H,33,37)(H,34,38)(H,30,31,32). The maximum atomic E-state index is 13.4. The second kappa shape index (κ2) is 9.55. The molecule has 1 saturated carbocycles. The monoisotopic (exact) mass is 509 g/mol. The molecule has 9 heteroatoms. The summed E-state index contributed by atoms with van der Waals surface area (Å²) in [6.07, 6.45) is 12.0. The molecule has 2 amide bonds. The first-order chi connectivity index (χ1) is 18.4. The normalized spacial score (nSPS) is 17.3. The minimum atomic E-state index is -0.314. The van der Waals surface area contributed by atoms with Crippen molar-refractivity contribution in [3.63, 3.8) is 0 Å². The number of rotatable bonds is 7. The number of carbonyl (C=O) groups excluding carboxylic acids is 2. The van der Waals surface area contributed by atoms with E-state index in [9.17, 15) is 9.59 Å². The second-order valence-electron chi connectivity index (χ2n) is 10.6. The lowest BCUT2D eigenvalue weighted by Gasteiger charge is -2.18. The van der Waals surface area contributed by atoms with Crippen molar-refractivity contribution in [3.8, 4) is 11.3 Å². The van der Waals surface area contributed by atoms with Gasteiger partial charge in [-0.2, -0.15) is 5.10 Å². The van der Waals surface area contributed by atoms with E-state index in [2.05, 4.69) is 31.7 Å². The number of benzene rings is 1. The molecule has 2 aliphatic rings. The van der Waals surface area contributed by atoms with Crippen molar-refractivity contribution in [2.24, 2.45) is 11.8 Å². The summed E-state index contributed by atoms with van der Waals surface area (Å²) < 4.78 is 1.96. The Morgan fingerprint density at radius 3 is 2.84 bits per heavy atom. The van der Waals surface area contributed by atoms with Gasteiger partial charge in [0.05, 0.1) is 17.1 Å². The third kappa shape index (κ3) is 4.60. The van der Waals surface area contributed by atoms with Gasteiger partial charge in [0, 0.05) is 40.8 Å². The molecule has 9 nitrogen and oxygen atoms in total. The highest BCUT2D eigenvalue weighted by Crippen LogP contribution is 2.34. The van der Waals surface area contributed by atoms with Crippen LogP contribution in [0.2, 0.25) is 0 Å². The van der Waals surface area contributed by atoms with E-state index >= 15 is 0 Å². The van der Waals surface area contributed by atoms with Crippen molar-refractivity contribution in [1.82, 2.24) is 35.4 Å². The lowest BCUT2D eigenvalue weighted by molar-refractivity contribution is -0.124. The fourth-order valence-electron chi connectivity index (χ4n) is 5.04. The van der Waals surface area contributed by atoms with Crippen molar-refractivity contribution in [2.45, 2.75) is 52.6 Å². The lowest BCUT2D eigenvalue weighted by Crippen LogP contribution is -2.36. The van der Waals surface area contributed by atoms with Crippen molar-refractivity contribution in [1.29, 1.82) is 0 Å². The van der Waals surface area contributed by atoms with Crippen molar-refractivity contribution in [2.75, 3.05) is 0 Å². The molecular weight excluding hydrogens is 478 g/mol. The lowest BCUT2D eigenvalue weighted by atomic mass is 9.98. The van der Waals surface area contributed by atoms with Crippen LogP contribution in [0, 0.1) is 18.8 Å². The highest BCUT2D eigenvalue weighted by Gasteiger charge is 2.26. The number of H-pyrrole nitrogens is 1. The van der Waals surface area contributed by atoms with E-state index in [0.29, 0.717) is 23.7 Å². The van der Waals surface area contributed by atoms with Gasteiger partial charge in [0.2, 0.25) is 5.91 Å². The van der Waals surface area contributed by atoms with Crippen molar-refractivity contribution < 1.29 is 9.59 Å². The number of allylic oxidation sites excluding steroid dienone is 2. The molecule has 3 heterocycles. The van der Waals surface area contributed by atoms with Gasteiger partial charge in [0.15, 0.2) is 5.69 Å². The number of aromatic amines is 1. The highest BCUT2D eigenvalue weighted by molar-refractivity contribution is 6.07. The molecule has 3 aromatic heterocycles. The van der Waals surface area contributed by atoms with E-state index in [1.165, 1.54) is 12.8 Å². The molecule has 0 saturated heterocycles. The van der Waals surface area contributed by atoms with Crippen LogP contribution in [-0.4, -0.2) is 42.6 Å². The number of nitrogens with one attached hydrogen (secondary N) is 3. The van der Waals surface area contributed by atoms with Crippen LogP contribution in [0.1, 0.15) is 49.2 Å². The van der Waals surface area contributed by atoms with Crippen LogP contribution in [0.5, 0.6) is 0 Å². The van der Waals surface area contributed by atoms with Gasteiger partial charge < -0.3 is 15.6 Å². The molecule has 1 unspecified atom stereocenters. The zero-order valence-corrected chi connectivity index (χ0v) is 21.8. The smallest absolute Gasteiger partial charge is 0.276 e. The summed E-state index contributed by atoms with van der Waals surface area (Å²) in [5, 5.41) is 12.5. The number of aryl methyl sites for hydroxylation is 1. The summed E-state index contributed by atoms with van der Waals surface area (Å²) >= 11 is 0. The molecule has 1 atom stereocenters. The maximum Gasteiger partial charge on any atom is 0.276 e. The third-order valence-corrected chi connectivity index (χ3v) is 7.13. The maximum absolute atomic E-state index is 13.4. The van der Waals surface area contributed by atoms with Gasteiger partial charge in [0.1, 0.15) is 12.0 Å². The van der Waals surface area contributed by atoms with Crippen LogP contribution >= 0.6 is 0 Å². The van der Waals surface area contributed by atoms with E-state index in [-0.39, 0.29) is 23.8 Å². The van der Waals surface area contributed by atoms with Crippen LogP contribution in [0.25, 0.3) is 33.2 Å². The number of hydrogen-bond acceptors (Lipinski definition) is 5. The summed E-state index contributed by atoms with van der Waals surface area (Å²) in [5.74, 6) is -0.0612. The fraction of sp³-hybridized carbons (Fsp3) is 0.345. The first-order valence-electron chi connectivity index (χ1n) is 13.2. The molecule has 0 bridgehead atoms. The van der Waals surface area contributed by atoms with Gasteiger partial charge in [-0.15, -0.1) is 0 Å². The Labute approximate surface area is 220 Å². The van der Waals surface area contributed by atoms with E-state index < -0.39 is 0 Å². The minimum absolute atomic E-state index is 0.0423. The van der Waals surface area contributed by atoms with Crippen molar-refractivity contribution >= 4 is 33.8 Å². The van der Waals surface area contributed by atoms with Crippen molar-refractivity contribution in [3.05, 3.63) is 65.9 Å². The number of amides is 2. The summed E-state index contributed by atoms with van der Waals surface area (Å²) in [6, 6.07) is 6.08. The van der Waals surface area contributed by atoms with Gasteiger partial charge in [-0.1, -0.05) is 12.1 Å². The Morgan fingerprint density at radius 1 is 1.21 bits per heavy atom. The zero-order valence-electron chi connectivity index (χ0n) is 21.8. The number of aromatic nitrogens is 5.